The Labute approximate surface area is 229 Å². The molecule has 38 heavy (non-hydrogen) atoms. The average Bonchev–Trinajstić information content (AvgIpc) is 2.85. The smallest absolute Gasteiger partial charge is 0.326 e. The Morgan fingerprint density at radius 3 is 2.13 bits per heavy atom. The van der Waals surface area contributed by atoms with Crippen LogP contribution in [0, 0.1) is 5.92 Å². The second-order valence-electron chi connectivity index (χ2n) is 10.6. The Hall–Kier alpha value is -2.42. The first-order chi connectivity index (χ1) is 18.1. The quantitative estimate of drug-likeness (QED) is 0.0970. The van der Waals surface area contributed by atoms with Crippen molar-refractivity contribution in [2.24, 2.45) is 5.92 Å². The van der Waals surface area contributed by atoms with Gasteiger partial charge in [0.2, 0.25) is 17.7 Å². The lowest BCUT2D eigenvalue weighted by Gasteiger charge is -2.17. The van der Waals surface area contributed by atoms with Crippen molar-refractivity contribution >= 4 is 23.7 Å². The van der Waals surface area contributed by atoms with Gasteiger partial charge < -0.3 is 26.2 Å². The number of carbonyl (C=O) groups is 4. The fourth-order valence-corrected chi connectivity index (χ4v) is 4.01. The number of carbonyl (C=O) groups excluding carboxylic acids is 3. The minimum absolute atomic E-state index is 0.0961. The number of aliphatic carboxylic acids is 1. The van der Waals surface area contributed by atoms with Crippen LogP contribution in [0.1, 0.15) is 118 Å². The number of carboxylic acids is 1. The van der Waals surface area contributed by atoms with Crippen molar-refractivity contribution < 1.29 is 29.4 Å². The van der Waals surface area contributed by atoms with E-state index in [1.807, 2.05) is 13.8 Å². The van der Waals surface area contributed by atoms with Crippen molar-refractivity contribution in [2.45, 2.75) is 136 Å². The summed E-state index contributed by atoms with van der Waals surface area (Å²) in [6.45, 7) is 7.10. The maximum absolute atomic E-state index is 12.2. The number of aliphatic hydroxyl groups is 1. The van der Waals surface area contributed by atoms with Gasteiger partial charge in [-0.1, -0.05) is 77.9 Å². The SMILES string of the molecule is CCCCCC[C@H](O)C/C=C\CCCCCCCC(=O)N[C@@H](C)C(=O)NCC(=O)N[C@@H](CC(C)C)C(=O)O. The van der Waals surface area contributed by atoms with Crippen molar-refractivity contribution in [1.82, 2.24) is 16.0 Å². The third kappa shape index (κ3) is 20.6. The lowest BCUT2D eigenvalue weighted by Crippen LogP contribution is -2.50. The predicted octanol–water partition coefficient (Wildman–Crippen LogP) is 4.23. The molecule has 0 bridgehead atoms. The van der Waals surface area contributed by atoms with Gasteiger partial charge in [-0.25, -0.2) is 4.79 Å². The predicted molar refractivity (Wildman–Crippen MR) is 150 cm³/mol. The minimum atomic E-state index is -1.12. The van der Waals surface area contributed by atoms with Crippen LogP contribution in [-0.4, -0.2) is 58.6 Å². The molecule has 0 radical (unpaired) electrons. The first-order valence-electron chi connectivity index (χ1n) is 14.5. The molecular weight excluding hydrogens is 486 g/mol. The van der Waals surface area contributed by atoms with Crippen LogP contribution in [0.25, 0.3) is 0 Å². The first kappa shape index (κ1) is 35.6. The van der Waals surface area contributed by atoms with Crippen LogP contribution >= 0.6 is 0 Å². The molecule has 0 heterocycles. The molecule has 0 saturated carbocycles. The van der Waals surface area contributed by atoms with E-state index in [0.717, 1.165) is 57.8 Å². The van der Waals surface area contributed by atoms with Crippen molar-refractivity contribution in [1.29, 1.82) is 0 Å². The Morgan fingerprint density at radius 2 is 1.47 bits per heavy atom. The first-order valence-corrected chi connectivity index (χ1v) is 14.5. The number of rotatable bonds is 23. The number of carboxylic acid groups (broad SMARTS) is 1. The van der Waals surface area contributed by atoms with E-state index < -0.39 is 29.9 Å². The molecule has 220 valence electrons. The number of hydrogen-bond donors (Lipinski definition) is 5. The summed E-state index contributed by atoms with van der Waals surface area (Å²) >= 11 is 0. The third-order valence-corrected chi connectivity index (χ3v) is 6.27. The Kier molecular flexibility index (Phi) is 21.1. The average molecular weight is 540 g/mol. The number of amides is 3. The molecule has 0 unspecified atom stereocenters. The van der Waals surface area contributed by atoms with Gasteiger partial charge in [0.15, 0.2) is 0 Å². The Bertz CT molecular complexity index is 710. The number of allylic oxidation sites excluding steroid dienone is 1. The van der Waals surface area contributed by atoms with Crippen LogP contribution < -0.4 is 16.0 Å². The monoisotopic (exact) mass is 539 g/mol. The van der Waals surface area contributed by atoms with Crippen LogP contribution in [0.5, 0.6) is 0 Å². The molecule has 0 aliphatic heterocycles. The number of nitrogens with one attached hydrogen (secondary N) is 3. The van der Waals surface area contributed by atoms with Crippen LogP contribution in [0.2, 0.25) is 0 Å². The summed E-state index contributed by atoms with van der Waals surface area (Å²) < 4.78 is 0. The normalized spacial score (nSPS) is 13.7. The molecular formula is C29H53N3O6. The number of hydrogen-bond acceptors (Lipinski definition) is 5. The van der Waals surface area contributed by atoms with E-state index >= 15 is 0 Å². The second-order valence-corrected chi connectivity index (χ2v) is 10.6. The summed E-state index contributed by atoms with van der Waals surface area (Å²) in [7, 11) is 0. The zero-order valence-corrected chi connectivity index (χ0v) is 24.1. The van der Waals surface area contributed by atoms with Crippen LogP contribution in [0.15, 0.2) is 12.2 Å². The molecule has 0 rings (SSSR count). The van der Waals surface area contributed by atoms with E-state index in [2.05, 4.69) is 35.0 Å². The fourth-order valence-electron chi connectivity index (χ4n) is 4.01. The van der Waals surface area contributed by atoms with Crippen molar-refractivity contribution in [3.63, 3.8) is 0 Å². The van der Waals surface area contributed by atoms with Gasteiger partial charge in [-0.15, -0.1) is 0 Å². The zero-order valence-electron chi connectivity index (χ0n) is 24.1. The fraction of sp³-hybridized carbons (Fsp3) is 0.793. The van der Waals surface area contributed by atoms with Gasteiger partial charge in [-0.05, 0) is 51.4 Å². The molecule has 0 aliphatic rings. The molecule has 0 saturated heterocycles. The molecule has 9 nitrogen and oxygen atoms in total. The maximum atomic E-state index is 12.2. The van der Waals surface area contributed by atoms with Crippen LogP contribution in [0.4, 0.5) is 0 Å². The molecule has 0 aliphatic carbocycles. The highest BCUT2D eigenvalue weighted by atomic mass is 16.4. The molecule has 0 spiro atoms. The molecule has 9 heteroatoms. The lowest BCUT2D eigenvalue weighted by molar-refractivity contribution is -0.142. The number of aliphatic hydroxyl groups excluding tert-OH is 1. The largest absolute Gasteiger partial charge is 0.480 e. The Balaban J connectivity index is 3.87. The van der Waals surface area contributed by atoms with Gasteiger partial charge in [0.25, 0.3) is 0 Å². The standard InChI is InChI=1S/C29H53N3O6/c1-5-6-7-14-17-24(33)18-15-12-10-8-9-11-13-16-19-26(34)31-23(4)28(36)30-21-27(35)32-25(29(37)38)20-22(2)3/h12,15,22-25,33H,5-11,13-14,16-21H2,1-4H3,(H,30,36)(H,31,34)(H,32,35)(H,37,38)/b15-12-/t23-,24-,25-/m0/s1. The molecule has 0 aromatic carbocycles. The van der Waals surface area contributed by atoms with Crippen LogP contribution in [-0.2, 0) is 19.2 Å². The summed E-state index contributed by atoms with van der Waals surface area (Å²) in [5.41, 5.74) is 0. The van der Waals surface area contributed by atoms with Gasteiger partial charge in [0.1, 0.15) is 12.1 Å². The third-order valence-electron chi connectivity index (χ3n) is 6.27. The minimum Gasteiger partial charge on any atom is -0.480 e. The summed E-state index contributed by atoms with van der Waals surface area (Å²) in [5, 5.41) is 26.6. The molecule has 5 N–H and O–H groups in total. The lowest BCUT2D eigenvalue weighted by atomic mass is 10.0. The highest BCUT2D eigenvalue weighted by Gasteiger charge is 2.22. The second kappa shape index (κ2) is 22.6. The molecule has 0 aromatic heterocycles. The number of unbranched alkanes of at least 4 members (excludes halogenated alkanes) is 8. The molecule has 3 atom stereocenters. The van der Waals surface area contributed by atoms with E-state index in [-0.39, 0.29) is 24.5 Å². The molecule has 0 aromatic rings. The van der Waals surface area contributed by atoms with Crippen molar-refractivity contribution in [3.8, 4) is 0 Å². The van der Waals surface area contributed by atoms with Gasteiger partial charge >= 0.3 is 5.97 Å². The molecule has 3 amide bonds. The molecule has 0 fully saturated rings. The maximum Gasteiger partial charge on any atom is 0.326 e. The van der Waals surface area contributed by atoms with E-state index in [1.54, 1.807) is 6.92 Å². The topological polar surface area (TPSA) is 145 Å². The highest BCUT2D eigenvalue weighted by Crippen LogP contribution is 2.11. The highest BCUT2D eigenvalue weighted by molar-refractivity contribution is 5.91. The Morgan fingerprint density at radius 1 is 0.816 bits per heavy atom. The van der Waals surface area contributed by atoms with Gasteiger partial charge in [-0.3, -0.25) is 14.4 Å². The summed E-state index contributed by atoms with van der Waals surface area (Å²) in [6, 6.07) is -1.79. The van der Waals surface area contributed by atoms with E-state index in [4.69, 9.17) is 0 Å². The zero-order chi connectivity index (χ0) is 28.8. The summed E-state index contributed by atoms with van der Waals surface area (Å²) in [6.07, 6.45) is 16.9. The van der Waals surface area contributed by atoms with Crippen LogP contribution in [0.3, 0.4) is 0 Å². The van der Waals surface area contributed by atoms with Crippen molar-refractivity contribution in [2.75, 3.05) is 6.54 Å². The van der Waals surface area contributed by atoms with Gasteiger partial charge in [-0.2, -0.15) is 0 Å². The van der Waals surface area contributed by atoms with Gasteiger partial charge in [0, 0.05) is 6.42 Å². The summed E-state index contributed by atoms with van der Waals surface area (Å²) in [4.78, 5) is 47.5. The van der Waals surface area contributed by atoms with E-state index in [0.29, 0.717) is 12.8 Å². The van der Waals surface area contributed by atoms with E-state index in [1.165, 1.54) is 19.3 Å². The van der Waals surface area contributed by atoms with E-state index in [9.17, 15) is 29.4 Å². The summed E-state index contributed by atoms with van der Waals surface area (Å²) in [5.74, 6) is -2.32. The van der Waals surface area contributed by atoms with Gasteiger partial charge in [0.05, 0.1) is 12.6 Å². The van der Waals surface area contributed by atoms with Crippen molar-refractivity contribution in [3.05, 3.63) is 12.2 Å².